The van der Waals surface area contributed by atoms with Crippen molar-refractivity contribution in [2.45, 2.75) is 26.4 Å². The van der Waals surface area contributed by atoms with Crippen LogP contribution in [0.2, 0.25) is 0 Å². The van der Waals surface area contributed by atoms with E-state index in [1.165, 1.54) is 0 Å². The molecule has 0 aliphatic heterocycles. The SMILES string of the molecule is CC(C)(C)OC(=O)n1nc([N+](=O)[O-])c2ccccc21. The number of hydrogen-bond acceptors (Lipinski definition) is 5. The minimum atomic E-state index is -0.739. The van der Waals surface area contributed by atoms with E-state index < -0.39 is 16.6 Å². The number of para-hydroxylation sites is 1. The number of rotatable bonds is 1. The van der Waals surface area contributed by atoms with Crippen molar-refractivity contribution < 1.29 is 14.5 Å². The maximum absolute atomic E-state index is 12.0. The van der Waals surface area contributed by atoms with Crippen LogP contribution in [-0.4, -0.2) is 26.4 Å². The molecule has 1 heterocycles. The summed E-state index contributed by atoms with van der Waals surface area (Å²) in [7, 11) is 0. The van der Waals surface area contributed by atoms with Gasteiger partial charge in [-0.15, -0.1) is 0 Å². The van der Waals surface area contributed by atoms with E-state index in [1.807, 2.05) is 0 Å². The second-order valence-corrected chi connectivity index (χ2v) is 4.99. The first kappa shape index (κ1) is 13.0. The van der Waals surface area contributed by atoms with Crippen LogP contribution in [0.4, 0.5) is 10.6 Å². The summed E-state index contributed by atoms with van der Waals surface area (Å²) >= 11 is 0. The number of nitro groups is 1. The van der Waals surface area contributed by atoms with Crippen molar-refractivity contribution in [1.29, 1.82) is 0 Å². The van der Waals surface area contributed by atoms with Gasteiger partial charge in [0, 0.05) is 0 Å². The van der Waals surface area contributed by atoms with Crippen molar-refractivity contribution in [3.05, 3.63) is 34.4 Å². The maximum atomic E-state index is 12.0. The Morgan fingerprint density at radius 2 is 2.00 bits per heavy atom. The first-order chi connectivity index (χ1) is 8.79. The normalized spacial score (nSPS) is 11.5. The fourth-order valence-electron chi connectivity index (χ4n) is 1.63. The molecule has 2 rings (SSSR count). The number of carbonyl (C=O) groups excluding carboxylic acids is 1. The molecule has 2 aromatic rings. The monoisotopic (exact) mass is 263 g/mol. The Morgan fingerprint density at radius 3 is 2.58 bits per heavy atom. The third-order valence-corrected chi connectivity index (χ3v) is 2.31. The predicted octanol–water partition coefficient (Wildman–Crippen LogP) is 2.73. The third kappa shape index (κ3) is 2.54. The summed E-state index contributed by atoms with van der Waals surface area (Å²) in [6.07, 6.45) is -0.739. The van der Waals surface area contributed by atoms with Gasteiger partial charge in [-0.2, -0.15) is 0 Å². The Labute approximate surface area is 108 Å². The van der Waals surface area contributed by atoms with Gasteiger partial charge in [0.25, 0.3) is 0 Å². The average molecular weight is 263 g/mol. The lowest BCUT2D eigenvalue weighted by Gasteiger charge is -2.17. The molecule has 0 aliphatic carbocycles. The van der Waals surface area contributed by atoms with E-state index in [4.69, 9.17) is 4.74 Å². The number of aromatic nitrogens is 2. The molecule has 1 aromatic heterocycles. The molecule has 7 heteroatoms. The van der Waals surface area contributed by atoms with Gasteiger partial charge in [-0.3, -0.25) is 0 Å². The highest BCUT2D eigenvalue weighted by atomic mass is 16.6. The van der Waals surface area contributed by atoms with Crippen LogP contribution in [0.3, 0.4) is 0 Å². The van der Waals surface area contributed by atoms with E-state index in [2.05, 4.69) is 5.10 Å². The summed E-state index contributed by atoms with van der Waals surface area (Å²) in [6.45, 7) is 5.14. The fraction of sp³-hybridized carbons (Fsp3) is 0.333. The zero-order valence-electron chi connectivity index (χ0n) is 10.8. The zero-order valence-corrected chi connectivity index (χ0v) is 10.8. The number of hydrogen-bond donors (Lipinski definition) is 0. The molecular formula is C12H13N3O4. The fourth-order valence-corrected chi connectivity index (χ4v) is 1.63. The van der Waals surface area contributed by atoms with Crippen LogP contribution in [-0.2, 0) is 4.74 Å². The summed E-state index contributed by atoms with van der Waals surface area (Å²) in [4.78, 5) is 22.3. The van der Waals surface area contributed by atoms with E-state index in [0.29, 0.717) is 10.9 Å². The van der Waals surface area contributed by atoms with Crippen LogP contribution in [0.5, 0.6) is 0 Å². The second kappa shape index (κ2) is 4.34. The van der Waals surface area contributed by atoms with Crippen molar-refractivity contribution in [3.63, 3.8) is 0 Å². The van der Waals surface area contributed by atoms with Crippen LogP contribution in [0, 0.1) is 10.1 Å². The van der Waals surface area contributed by atoms with Crippen molar-refractivity contribution >= 4 is 22.8 Å². The van der Waals surface area contributed by atoms with Crippen LogP contribution >= 0.6 is 0 Å². The Morgan fingerprint density at radius 1 is 1.37 bits per heavy atom. The van der Waals surface area contributed by atoms with Gasteiger partial charge in [-0.25, -0.2) is 4.79 Å². The average Bonchev–Trinajstić information content (AvgIpc) is 2.66. The van der Waals surface area contributed by atoms with Crippen LogP contribution in [0.25, 0.3) is 10.9 Å². The van der Waals surface area contributed by atoms with E-state index in [1.54, 1.807) is 45.0 Å². The molecule has 0 unspecified atom stereocenters. The Balaban J connectivity index is 2.55. The van der Waals surface area contributed by atoms with Gasteiger partial charge in [0.2, 0.25) is 0 Å². The number of fused-ring (bicyclic) bond motifs is 1. The molecule has 0 aliphatic rings. The number of benzene rings is 1. The minimum absolute atomic E-state index is 0.304. The highest BCUT2D eigenvalue weighted by Gasteiger charge is 2.28. The number of carbonyl (C=O) groups is 1. The van der Waals surface area contributed by atoms with Gasteiger partial charge in [-0.1, -0.05) is 16.8 Å². The topological polar surface area (TPSA) is 87.3 Å². The molecule has 0 saturated heterocycles. The molecule has 0 fully saturated rings. The number of nitrogens with zero attached hydrogens (tertiary/aromatic N) is 3. The van der Waals surface area contributed by atoms with Gasteiger partial charge in [0.05, 0.1) is 5.10 Å². The van der Waals surface area contributed by atoms with E-state index in [9.17, 15) is 14.9 Å². The molecule has 100 valence electrons. The lowest BCUT2D eigenvalue weighted by molar-refractivity contribution is -0.388. The largest absolute Gasteiger partial charge is 0.454 e. The van der Waals surface area contributed by atoms with E-state index in [0.717, 1.165) is 4.68 Å². The lowest BCUT2D eigenvalue weighted by atomic mass is 10.2. The molecule has 0 N–H and O–H groups in total. The Kier molecular flexibility index (Phi) is 2.97. The summed E-state index contributed by atoms with van der Waals surface area (Å²) in [6, 6.07) is 6.45. The smallest absolute Gasteiger partial charge is 0.441 e. The van der Waals surface area contributed by atoms with Crippen LogP contribution in [0.1, 0.15) is 20.8 Å². The first-order valence-electron chi connectivity index (χ1n) is 5.65. The quantitative estimate of drug-likeness (QED) is 0.583. The summed E-state index contributed by atoms with van der Waals surface area (Å²) in [5.41, 5.74) is -0.345. The molecule has 0 bridgehead atoms. The highest BCUT2D eigenvalue weighted by Crippen LogP contribution is 2.25. The number of ether oxygens (including phenoxy) is 1. The second-order valence-electron chi connectivity index (χ2n) is 4.99. The minimum Gasteiger partial charge on any atom is -0.441 e. The molecule has 7 nitrogen and oxygen atoms in total. The van der Waals surface area contributed by atoms with Crippen LogP contribution < -0.4 is 0 Å². The molecule has 0 amide bonds. The van der Waals surface area contributed by atoms with Gasteiger partial charge < -0.3 is 14.9 Å². The molecular weight excluding hydrogens is 250 g/mol. The van der Waals surface area contributed by atoms with Crippen LogP contribution in [0.15, 0.2) is 24.3 Å². The van der Waals surface area contributed by atoms with Crippen molar-refractivity contribution in [3.8, 4) is 0 Å². The van der Waals surface area contributed by atoms with Gasteiger partial charge in [0.1, 0.15) is 16.5 Å². The third-order valence-electron chi connectivity index (χ3n) is 2.31. The lowest BCUT2D eigenvalue weighted by Crippen LogP contribution is -2.27. The van der Waals surface area contributed by atoms with E-state index in [-0.39, 0.29) is 5.82 Å². The van der Waals surface area contributed by atoms with Crippen molar-refractivity contribution in [1.82, 2.24) is 9.78 Å². The first-order valence-corrected chi connectivity index (χ1v) is 5.65. The summed E-state index contributed by atoms with van der Waals surface area (Å²) in [5, 5.41) is 14.9. The summed E-state index contributed by atoms with van der Waals surface area (Å²) in [5.74, 6) is -0.360. The molecule has 0 radical (unpaired) electrons. The van der Waals surface area contributed by atoms with Crippen molar-refractivity contribution in [2.75, 3.05) is 0 Å². The molecule has 0 saturated carbocycles. The maximum Gasteiger partial charge on any atom is 0.454 e. The standard InChI is InChI=1S/C12H13N3O4/c1-12(2,3)19-11(16)14-9-7-5-4-6-8(9)10(13-14)15(17)18/h4-7H,1-3H3. The molecule has 19 heavy (non-hydrogen) atoms. The van der Waals surface area contributed by atoms with Gasteiger partial charge in [0.15, 0.2) is 0 Å². The van der Waals surface area contributed by atoms with Gasteiger partial charge in [-0.05, 0) is 37.8 Å². The molecule has 0 atom stereocenters. The molecule has 1 aromatic carbocycles. The highest BCUT2D eigenvalue weighted by molar-refractivity contribution is 5.93. The van der Waals surface area contributed by atoms with E-state index >= 15 is 0 Å². The van der Waals surface area contributed by atoms with Crippen molar-refractivity contribution in [2.24, 2.45) is 0 Å². The zero-order chi connectivity index (χ0) is 14.2. The molecule has 0 spiro atoms. The van der Waals surface area contributed by atoms with Gasteiger partial charge >= 0.3 is 11.9 Å². The Hall–Kier alpha value is -2.44. The predicted molar refractivity (Wildman–Crippen MR) is 68.0 cm³/mol. The Bertz CT molecular complexity index is 655. The summed E-state index contributed by atoms with van der Waals surface area (Å²) < 4.78 is 6.08.